The lowest BCUT2D eigenvalue weighted by Crippen LogP contribution is -2.47. The first-order valence-corrected chi connectivity index (χ1v) is 10.7. The number of ether oxygens (including phenoxy) is 1. The third kappa shape index (κ3) is 4.49. The molecule has 1 amide bonds. The number of amides is 1. The molecule has 0 aliphatic carbocycles. The summed E-state index contributed by atoms with van der Waals surface area (Å²) >= 11 is 1.47. The molecule has 1 fully saturated rings. The molecule has 0 spiro atoms. The monoisotopic (exact) mass is 412 g/mol. The second-order valence-electron chi connectivity index (χ2n) is 7.13. The summed E-state index contributed by atoms with van der Waals surface area (Å²) in [5.74, 6) is 0. The summed E-state index contributed by atoms with van der Waals surface area (Å²) < 4.78 is 6.65. The van der Waals surface area contributed by atoms with E-state index in [0.717, 1.165) is 42.9 Å². The van der Waals surface area contributed by atoms with Crippen molar-refractivity contribution >= 4 is 22.4 Å². The molecule has 4 rings (SSSR count). The molecule has 2 aromatic heterocycles. The SMILES string of the molecule is CCOC(=O)NC1CCCN(Cc2cc(=O)n3c(-c4ccccc4)csc3n2)C1. The Kier molecular flexibility index (Phi) is 5.92. The highest BCUT2D eigenvalue weighted by Gasteiger charge is 2.22. The van der Waals surface area contributed by atoms with Gasteiger partial charge in [-0.15, -0.1) is 11.3 Å². The number of likely N-dealkylation sites (tertiary alicyclic amines) is 1. The lowest BCUT2D eigenvalue weighted by Gasteiger charge is -2.32. The molecule has 0 bridgehead atoms. The molecule has 1 N–H and O–H groups in total. The van der Waals surface area contributed by atoms with Crippen LogP contribution in [0, 0.1) is 0 Å². The van der Waals surface area contributed by atoms with E-state index in [1.54, 1.807) is 17.4 Å². The van der Waals surface area contributed by atoms with Crippen molar-refractivity contribution in [3.8, 4) is 11.3 Å². The minimum absolute atomic E-state index is 0.0547. The Balaban J connectivity index is 1.50. The third-order valence-corrected chi connectivity index (χ3v) is 5.84. The van der Waals surface area contributed by atoms with Crippen LogP contribution in [0.4, 0.5) is 4.79 Å². The summed E-state index contributed by atoms with van der Waals surface area (Å²) in [4.78, 5) is 32.1. The van der Waals surface area contributed by atoms with Gasteiger partial charge in [0, 0.05) is 30.6 Å². The van der Waals surface area contributed by atoms with Crippen molar-refractivity contribution in [3.05, 3.63) is 57.8 Å². The highest BCUT2D eigenvalue weighted by molar-refractivity contribution is 7.15. The molecule has 152 valence electrons. The number of nitrogens with zero attached hydrogens (tertiary/aromatic N) is 3. The average Bonchev–Trinajstić information content (AvgIpc) is 3.14. The predicted molar refractivity (Wildman–Crippen MR) is 113 cm³/mol. The van der Waals surface area contributed by atoms with E-state index in [2.05, 4.69) is 10.2 Å². The first kappa shape index (κ1) is 19.6. The molecule has 1 unspecified atom stereocenters. The Morgan fingerprint density at radius 3 is 2.97 bits per heavy atom. The van der Waals surface area contributed by atoms with Gasteiger partial charge in [-0.1, -0.05) is 30.3 Å². The van der Waals surface area contributed by atoms with Gasteiger partial charge >= 0.3 is 6.09 Å². The molecular weight excluding hydrogens is 388 g/mol. The molecule has 1 saturated heterocycles. The average molecular weight is 413 g/mol. The van der Waals surface area contributed by atoms with Gasteiger partial charge in [-0.25, -0.2) is 9.78 Å². The number of rotatable bonds is 5. The Labute approximate surface area is 173 Å². The zero-order chi connectivity index (χ0) is 20.2. The quantitative estimate of drug-likeness (QED) is 0.697. The van der Waals surface area contributed by atoms with E-state index in [1.807, 2.05) is 35.7 Å². The van der Waals surface area contributed by atoms with Gasteiger partial charge in [-0.05, 0) is 31.9 Å². The molecule has 29 heavy (non-hydrogen) atoms. The van der Waals surface area contributed by atoms with Crippen molar-refractivity contribution in [1.29, 1.82) is 0 Å². The van der Waals surface area contributed by atoms with E-state index < -0.39 is 0 Å². The molecular formula is C21H24N4O3S. The van der Waals surface area contributed by atoms with Gasteiger partial charge in [0.15, 0.2) is 4.96 Å². The van der Waals surface area contributed by atoms with Crippen LogP contribution in [0.25, 0.3) is 16.2 Å². The summed E-state index contributed by atoms with van der Waals surface area (Å²) in [7, 11) is 0. The van der Waals surface area contributed by atoms with Gasteiger partial charge < -0.3 is 10.1 Å². The van der Waals surface area contributed by atoms with Crippen molar-refractivity contribution in [2.45, 2.75) is 32.4 Å². The van der Waals surface area contributed by atoms with Gasteiger partial charge in [0.1, 0.15) is 0 Å². The minimum Gasteiger partial charge on any atom is -0.450 e. The molecule has 3 heterocycles. The van der Waals surface area contributed by atoms with Gasteiger partial charge in [-0.2, -0.15) is 0 Å². The van der Waals surface area contributed by atoms with Crippen molar-refractivity contribution in [1.82, 2.24) is 19.6 Å². The van der Waals surface area contributed by atoms with Crippen molar-refractivity contribution < 1.29 is 9.53 Å². The number of nitrogens with one attached hydrogen (secondary N) is 1. The second kappa shape index (κ2) is 8.75. The summed E-state index contributed by atoms with van der Waals surface area (Å²) in [6.45, 7) is 4.38. The largest absolute Gasteiger partial charge is 0.450 e. The first-order valence-electron chi connectivity index (χ1n) is 9.85. The Hall–Kier alpha value is -2.71. The van der Waals surface area contributed by atoms with E-state index >= 15 is 0 Å². The highest BCUT2D eigenvalue weighted by atomic mass is 32.1. The number of hydrogen-bond donors (Lipinski definition) is 1. The van der Waals surface area contributed by atoms with Crippen LogP contribution in [0.5, 0.6) is 0 Å². The molecule has 1 atom stereocenters. The van der Waals surface area contributed by atoms with Crippen molar-refractivity contribution in [2.75, 3.05) is 19.7 Å². The standard InChI is InChI=1S/C21H24N4O3S/c1-2-28-21(27)23-16-9-6-10-24(12-16)13-17-11-19(26)25-18(14-29-20(25)22-17)15-7-4-3-5-8-15/h3-5,7-8,11,14,16H,2,6,9-10,12-13H2,1H3,(H,23,27). The fourth-order valence-corrected chi connectivity index (χ4v) is 4.66. The van der Waals surface area contributed by atoms with Gasteiger partial charge in [-0.3, -0.25) is 14.1 Å². The van der Waals surface area contributed by atoms with E-state index in [-0.39, 0.29) is 17.7 Å². The smallest absolute Gasteiger partial charge is 0.407 e. The zero-order valence-corrected chi connectivity index (χ0v) is 17.2. The van der Waals surface area contributed by atoms with E-state index in [4.69, 9.17) is 9.72 Å². The van der Waals surface area contributed by atoms with Crippen LogP contribution in [0.1, 0.15) is 25.5 Å². The summed E-state index contributed by atoms with van der Waals surface area (Å²) in [5, 5.41) is 4.89. The van der Waals surface area contributed by atoms with Crippen LogP contribution in [-0.2, 0) is 11.3 Å². The van der Waals surface area contributed by atoms with Crippen LogP contribution < -0.4 is 10.9 Å². The molecule has 1 aromatic carbocycles. The Morgan fingerprint density at radius 1 is 1.34 bits per heavy atom. The molecule has 0 radical (unpaired) electrons. The fourth-order valence-electron chi connectivity index (χ4n) is 3.74. The number of piperidine rings is 1. The lowest BCUT2D eigenvalue weighted by atomic mass is 10.1. The van der Waals surface area contributed by atoms with Gasteiger partial charge in [0.2, 0.25) is 0 Å². The zero-order valence-electron chi connectivity index (χ0n) is 16.3. The molecule has 1 aliphatic rings. The highest BCUT2D eigenvalue weighted by Crippen LogP contribution is 2.24. The fraction of sp³-hybridized carbons (Fsp3) is 0.381. The molecule has 3 aromatic rings. The maximum absolute atomic E-state index is 12.8. The number of carbonyl (C=O) groups is 1. The number of benzene rings is 1. The maximum Gasteiger partial charge on any atom is 0.407 e. The molecule has 1 aliphatic heterocycles. The van der Waals surface area contributed by atoms with Crippen molar-refractivity contribution in [3.63, 3.8) is 0 Å². The number of aromatic nitrogens is 2. The Bertz CT molecular complexity index is 1050. The number of carbonyl (C=O) groups excluding carboxylic acids is 1. The van der Waals surface area contributed by atoms with Crippen LogP contribution in [0.3, 0.4) is 0 Å². The lowest BCUT2D eigenvalue weighted by molar-refractivity contribution is 0.132. The number of fused-ring (bicyclic) bond motifs is 1. The minimum atomic E-state index is -0.371. The number of alkyl carbamates (subject to hydrolysis) is 1. The van der Waals surface area contributed by atoms with E-state index in [0.29, 0.717) is 18.1 Å². The van der Waals surface area contributed by atoms with Crippen LogP contribution in [-0.4, -0.2) is 46.1 Å². The van der Waals surface area contributed by atoms with Crippen molar-refractivity contribution in [2.24, 2.45) is 0 Å². The predicted octanol–water partition coefficient (Wildman–Crippen LogP) is 3.13. The Morgan fingerprint density at radius 2 is 2.17 bits per heavy atom. The normalized spacial score (nSPS) is 17.3. The van der Waals surface area contributed by atoms with Gasteiger partial charge in [0.25, 0.3) is 5.56 Å². The molecule has 7 nitrogen and oxygen atoms in total. The van der Waals surface area contributed by atoms with Crippen LogP contribution in [0.15, 0.2) is 46.6 Å². The summed E-state index contributed by atoms with van der Waals surface area (Å²) in [6, 6.07) is 11.5. The van der Waals surface area contributed by atoms with Gasteiger partial charge in [0.05, 0.1) is 18.0 Å². The summed E-state index contributed by atoms with van der Waals surface area (Å²) in [6.07, 6.45) is 1.54. The van der Waals surface area contributed by atoms with Crippen LogP contribution in [0.2, 0.25) is 0 Å². The second-order valence-corrected chi connectivity index (χ2v) is 7.97. The summed E-state index contributed by atoms with van der Waals surface area (Å²) in [5.41, 5.74) is 2.56. The van der Waals surface area contributed by atoms with E-state index in [9.17, 15) is 9.59 Å². The third-order valence-electron chi connectivity index (χ3n) is 5.02. The first-order chi connectivity index (χ1) is 14.1. The maximum atomic E-state index is 12.8. The van der Waals surface area contributed by atoms with Crippen LogP contribution >= 0.6 is 11.3 Å². The topological polar surface area (TPSA) is 75.9 Å². The molecule has 8 heteroatoms. The molecule has 0 saturated carbocycles. The number of thiazole rings is 1. The number of hydrogen-bond acceptors (Lipinski definition) is 6. The van der Waals surface area contributed by atoms with E-state index in [1.165, 1.54) is 11.3 Å².